The fraction of sp³-hybridized carbons (Fsp3) is 0.714. The molecular formula is C14H22N4O2. The van der Waals surface area contributed by atoms with Gasteiger partial charge in [0.05, 0.1) is 18.4 Å². The van der Waals surface area contributed by atoms with Gasteiger partial charge >= 0.3 is 0 Å². The summed E-state index contributed by atoms with van der Waals surface area (Å²) in [6.45, 7) is 0.727. The molecule has 1 unspecified atom stereocenters. The Kier molecular flexibility index (Phi) is 3.76. The molecule has 2 aliphatic heterocycles. The summed E-state index contributed by atoms with van der Waals surface area (Å²) in [6, 6.07) is 0.927. The molecule has 0 spiro atoms. The minimum absolute atomic E-state index is 0.0253. The minimum atomic E-state index is 0.0253. The van der Waals surface area contributed by atoms with E-state index in [0.717, 1.165) is 31.4 Å². The Hall–Kier alpha value is -1.40. The van der Waals surface area contributed by atoms with Gasteiger partial charge in [-0.2, -0.15) is 5.10 Å². The Morgan fingerprint density at radius 3 is 2.70 bits per heavy atom. The number of amides is 1. The summed E-state index contributed by atoms with van der Waals surface area (Å²) >= 11 is 0. The van der Waals surface area contributed by atoms with Crippen molar-refractivity contribution >= 4 is 11.6 Å². The number of hydrogen-bond donors (Lipinski definition) is 2. The number of anilines is 1. The van der Waals surface area contributed by atoms with E-state index in [2.05, 4.69) is 15.3 Å². The fourth-order valence-corrected chi connectivity index (χ4v) is 3.65. The zero-order chi connectivity index (χ0) is 14.1. The number of nitrogens with zero attached hydrogens (tertiary/aromatic N) is 3. The summed E-state index contributed by atoms with van der Waals surface area (Å²) in [5.41, 5.74) is 0.745. The van der Waals surface area contributed by atoms with Crippen molar-refractivity contribution in [3.05, 3.63) is 12.4 Å². The molecule has 0 aromatic carbocycles. The van der Waals surface area contributed by atoms with E-state index in [4.69, 9.17) is 0 Å². The number of piperidine rings is 1. The molecule has 110 valence electrons. The molecule has 2 bridgehead atoms. The van der Waals surface area contributed by atoms with Gasteiger partial charge in [-0.25, -0.2) is 0 Å². The molecule has 20 heavy (non-hydrogen) atoms. The first-order valence-corrected chi connectivity index (χ1v) is 7.31. The highest BCUT2D eigenvalue weighted by atomic mass is 16.3. The van der Waals surface area contributed by atoms with Crippen LogP contribution in [0.1, 0.15) is 25.7 Å². The normalized spacial score (nSPS) is 29.6. The van der Waals surface area contributed by atoms with Crippen molar-refractivity contribution in [3.63, 3.8) is 0 Å². The molecule has 2 aliphatic rings. The Morgan fingerprint density at radius 1 is 1.45 bits per heavy atom. The second-order valence-electron chi connectivity index (χ2n) is 6.03. The van der Waals surface area contributed by atoms with Crippen molar-refractivity contribution in [1.82, 2.24) is 14.7 Å². The van der Waals surface area contributed by atoms with Crippen LogP contribution in [0.4, 0.5) is 5.69 Å². The number of carbonyl (C=O) groups excluding carboxylic acids is 1. The second kappa shape index (κ2) is 5.54. The standard InChI is InChI=1S/C14H22N4O2/c1-17-7-11(6-15-17)16-14(20)8-18-12-2-3-13(18)5-10(4-12)9-19/h6-7,10,12-13,19H,2-5,8-9H2,1H3,(H,16,20)/t10?,12-,13+. The lowest BCUT2D eigenvalue weighted by Gasteiger charge is -2.37. The second-order valence-corrected chi connectivity index (χ2v) is 6.03. The third-order valence-corrected chi connectivity index (χ3v) is 4.55. The number of carbonyl (C=O) groups is 1. The van der Waals surface area contributed by atoms with E-state index in [1.165, 1.54) is 0 Å². The van der Waals surface area contributed by atoms with Gasteiger partial charge < -0.3 is 10.4 Å². The Labute approximate surface area is 118 Å². The quantitative estimate of drug-likeness (QED) is 0.846. The molecule has 3 atom stereocenters. The first-order chi connectivity index (χ1) is 9.65. The van der Waals surface area contributed by atoms with Gasteiger partial charge in [0.1, 0.15) is 0 Å². The molecule has 6 nitrogen and oxygen atoms in total. The summed E-state index contributed by atoms with van der Waals surface area (Å²) in [6.07, 6.45) is 7.80. The molecule has 3 heterocycles. The van der Waals surface area contributed by atoms with E-state index in [1.807, 2.05) is 7.05 Å². The molecule has 1 amide bonds. The summed E-state index contributed by atoms with van der Waals surface area (Å²) in [4.78, 5) is 14.4. The summed E-state index contributed by atoms with van der Waals surface area (Å²) in [5.74, 6) is 0.447. The van der Waals surface area contributed by atoms with E-state index in [9.17, 15) is 9.90 Å². The first-order valence-electron chi connectivity index (χ1n) is 7.31. The van der Waals surface area contributed by atoms with Gasteiger partial charge in [0.2, 0.25) is 5.91 Å². The van der Waals surface area contributed by atoms with Gasteiger partial charge in [0, 0.05) is 31.9 Å². The molecule has 1 aromatic heterocycles. The van der Waals surface area contributed by atoms with Crippen LogP contribution in [0.5, 0.6) is 0 Å². The number of aromatic nitrogens is 2. The van der Waals surface area contributed by atoms with E-state index in [0.29, 0.717) is 24.5 Å². The predicted molar refractivity (Wildman–Crippen MR) is 75.2 cm³/mol. The number of aliphatic hydroxyl groups is 1. The highest BCUT2D eigenvalue weighted by Crippen LogP contribution is 2.38. The van der Waals surface area contributed by atoms with E-state index in [-0.39, 0.29) is 12.5 Å². The molecule has 6 heteroatoms. The molecule has 2 N–H and O–H groups in total. The number of aryl methyl sites for hydroxylation is 1. The van der Waals surface area contributed by atoms with Gasteiger partial charge in [-0.1, -0.05) is 0 Å². The molecule has 0 aliphatic carbocycles. The number of hydrogen-bond acceptors (Lipinski definition) is 4. The van der Waals surface area contributed by atoms with Gasteiger partial charge in [-0.3, -0.25) is 14.4 Å². The largest absolute Gasteiger partial charge is 0.396 e. The number of aliphatic hydroxyl groups excluding tert-OH is 1. The van der Waals surface area contributed by atoms with Crippen LogP contribution in [0.2, 0.25) is 0 Å². The maximum atomic E-state index is 12.1. The number of rotatable bonds is 4. The first kappa shape index (κ1) is 13.6. The van der Waals surface area contributed by atoms with Crippen LogP contribution in [0.15, 0.2) is 12.4 Å². The summed E-state index contributed by atoms with van der Waals surface area (Å²) in [7, 11) is 1.83. The van der Waals surface area contributed by atoms with Gasteiger partial charge in [-0.15, -0.1) is 0 Å². The predicted octanol–water partition coefficient (Wildman–Crippen LogP) is 0.594. The van der Waals surface area contributed by atoms with Crippen LogP contribution in [0.3, 0.4) is 0 Å². The lowest BCUT2D eigenvalue weighted by atomic mass is 9.91. The van der Waals surface area contributed by atoms with Gasteiger partial charge in [-0.05, 0) is 31.6 Å². The monoisotopic (exact) mass is 278 g/mol. The van der Waals surface area contributed by atoms with E-state index < -0.39 is 0 Å². The molecule has 0 radical (unpaired) electrons. The van der Waals surface area contributed by atoms with Crippen molar-refractivity contribution in [2.45, 2.75) is 37.8 Å². The number of nitrogens with one attached hydrogen (secondary N) is 1. The van der Waals surface area contributed by atoms with Crippen LogP contribution in [-0.2, 0) is 11.8 Å². The van der Waals surface area contributed by atoms with Crippen LogP contribution in [0, 0.1) is 5.92 Å². The van der Waals surface area contributed by atoms with E-state index in [1.54, 1.807) is 17.1 Å². The van der Waals surface area contributed by atoms with Crippen LogP contribution >= 0.6 is 0 Å². The smallest absolute Gasteiger partial charge is 0.238 e. The minimum Gasteiger partial charge on any atom is -0.396 e. The maximum Gasteiger partial charge on any atom is 0.238 e. The molecule has 2 fully saturated rings. The van der Waals surface area contributed by atoms with Crippen molar-refractivity contribution in [2.24, 2.45) is 13.0 Å². The third kappa shape index (κ3) is 2.71. The Bertz CT molecular complexity index is 473. The SMILES string of the molecule is Cn1cc(NC(=O)CN2[C@@H]3CC[C@H]2CC(CO)C3)cn1. The lowest BCUT2D eigenvalue weighted by molar-refractivity contribution is -0.118. The highest BCUT2D eigenvalue weighted by Gasteiger charge is 2.40. The highest BCUT2D eigenvalue weighted by molar-refractivity contribution is 5.92. The zero-order valence-corrected chi connectivity index (χ0v) is 11.8. The Balaban J connectivity index is 1.57. The van der Waals surface area contributed by atoms with Crippen molar-refractivity contribution in [2.75, 3.05) is 18.5 Å². The molecule has 3 rings (SSSR count). The van der Waals surface area contributed by atoms with Crippen molar-refractivity contribution in [1.29, 1.82) is 0 Å². The van der Waals surface area contributed by atoms with Crippen molar-refractivity contribution < 1.29 is 9.90 Å². The molecular weight excluding hydrogens is 256 g/mol. The number of fused-ring (bicyclic) bond motifs is 2. The molecule has 0 saturated carbocycles. The fourth-order valence-electron chi connectivity index (χ4n) is 3.65. The topological polar surface area (TPSA) is 70.4 Å². The van der Waals surface area contributed by atoms with Crippen LogP contribution < -0.4 is 5.32 Å². The maximum absolute atomic E-state index is 12.1. The summed E-state index contributed by atoms with van der Waals surface area (Å²) < 4.78 is 1.67. The van der Waals surface area contributed by atoms with Gasteiger partial charge in [0.25, 0.3) is 0 Å². The molecule has 2 saturated heterocycles. The van der Waals surface area contributed by atoms with Gasteiger partial charge in [0.15, 0.2) is 0 Å². The molecule has 1 aromatic rings. The Morgan fingerprint density at radius 2 is 2.15 bits per heavy atom. The van der Waals surface area contributed by atoms with Crippen molar-refractivity contribution in [3.8, 4) is 0 Å². The average Bonchev–Trinajstić information content (AvgIpc) is 2.90. The van der Waals surface area contributed by atoms with Crippen LogP contribution in [-0.4, -0.2) is 50.9 Å². The zero-order valence-electron chi connectivity index (χ0n) is 11.8. The third-order valence-electron chi connectivity index (χ3n) is 4.55. The van der Waals surface area contributed by atoms with E-state index >= 15 is 0 Å². The lowest BCUT2D eigenvalue weighted by Crippen LogP contribution is -2.47. The summed E-state index contributed by atoms with van der Waals surface area (Å²) in [5, 5.41) is 16.2. The van der Waals surface area contributed by atoms with Crippen LogP contribution in [0.25, 0.3) is 0 Å². The average molecular weight is 278 g/mol.